The van der Waals surface area contributed by atoms with E-state index in [2.05, 4.69) is 56.5 Å². The Kier molecular flexibility index (Phi) is 4.62. The van der Waals surface area contributed by atoms with Crippen LogP contribution in [0.4, 0.5) is 17.5 Å². The van der Waals surface area contributed by atoms with Gasteiger partial charge in [0.15, 0.2) is 17.0 Å². The fraction of sp³-hybridized carbons (Fsp3) is 0.368. The van der Waals surface area contributed by atoms with Crippen molar-refractivity contribution in [3.8, 4) is 0 Å². The van der Waals surface area contributed by atoms with E-state index < -0.39 is 0 Å². The molecular formula is C19H22N6O. The predicted octanol–water partition coefficient (Wildman–Crippen LogP) is 3.37. The summed E-state index contributed by atoms with van der Waals surface area (Å²) < 4.78 is 5.65. The highest BCUT2D eigenvalue weighted by atomic mass is 16.5. The molecular weight excluding hydrogens is 328 g/mol. The highest BCUT2D eigenvalue weighted by Gasteiger charge is 2.16. The smallest absolute Gasteiger partial charge is 0.226 e. The van der Waals surface area contributed by atoms with E-state index in [1.165, 1.54) is 11.1 Å². The standard InChI is InChI=1S/C19H22N6O/c1-12-5-6-14(10-13(12)2)23-18-16-17(21-8-7-20-16)24-19(25-18)22-11-15-4-3-9-26-15/h5-8,10,15H,3-4,9,11H2,1-2H3,(H2,21,22,23,24,25). The number of ether oxygens (including phenoxy) is 1. The Morgan fingerprint density at radius 1 is 1.12 bits per heavy atom. The molecule has 7 nitrogen and oxygen atoms in total. The van der Waals surface area contributed by atoms with Crippen molar-refractivity contribution >= 4 is 28.6 Å². The summed E-state index contributed by atoms with van der Waals surface area (Å²) in [5.41, 5.74) is 4.64. The summed E-state index contributed by atoms with van der Waals surface area (Å²) in [6.45, 7) is 5.70. The van der Waals surface area contributed by atoms with Gasteiger partial charge >= 0.3 is 0 Å². The first-order valence-electron chi connectivity index (χ1n) is 8.87. The first-order chi connectivity index (χ1) is 12.7. The van der Waals surface area contributed by atoms with Crippen LogP contribution in [0.5, 0.6) is 0 Å². The third-order valence-corrected chi connectivity index (χ3v) is 4.61. The average Bonchev–Trinajstić information content (AvgIpc) is 3.17. The van der Waals surface area contributed by atoms with E-state index in [0.717, 1.165) is 25.1 Å². The summed E-state index contributed by atoms with van der Waals surface area (Å²) in [6.07, 6.45) is 5.67. The van der Waals surface area contributed by atoms with Crippen molar-refractivity contribution in [3.05, 3.63) is 41.7 Å². The van der Waals surface area contributed by atoms with E-state index in [0.29, 0.717) is 29.5 Å². The maximum absolute atomic E-state index is 5.65. The molecule has 2 N–H and O–H groups in total. The lowest BCUT2D eigenvalue weighted by Gasteiger charge is -2.13. The third kappa shape index (κ3) is 3.57. The Balaban J connectivity index is 1.63. The Hall–Kier alpha value is -2.80. The second kappa shape index (κ2) is 7.21. The van der Waals surface area contributed by atoms with Crippen LogP contribution in [-0.4, -0.2) is 39.2 Å². The minimum atomic E-state index is 0.215. The van der Waals surface area contributed by atoms with Crippen molar-refractivity contribution < 1.29 is 4.74 Å². The second-order valence-electron chi connectivity index (χ2n) is 6.56. The van der Waals surface area contributed by atoms with Crippen LogP contribution >= 0.6 is 0 Å². The molecule has 1 atom stereocenters. The minimum Gasteiger partial charge on any atom is -0.376 e. The fourth-order valence-electron chi connectivity index (χ4n) is 3.00. The molecule has 0 spiro atoms. The Labute approximate surface area is 152 Å². The van der Waals surface area contributed by atoms with Gasteiger partial charge in [-0.2, -0.15) is 9.97 Å². The molecule has 134 valence electrons. The zero-order valence-electron chi connectivity index (χ0n) is 15.0. The number of aromatic nitrogens is 4. The topological polar surface area (TPSA) is 84.9 Å². The molecule has 0 radical (unpaired) electrons. The summed E-state index contributed by atoms with van der Waals surface area (Å²) in [4.78, 5) is 17.8. The number of hydrogen-bond acceptors (Lipinski definition) is 7. The molecule has 1 aliphatic heterocycles. The lowest BCUT2D eigenvalue weighted by atomic mass is 10.1. The van der Waals surface area contributed by atoms with Gasteiger partial charge in [-0.15, -0.1) is 0 Å². The van der Waals surface area contributed by atoms with Gasteiger partial charge in [-0.25, -0.2) is 9.97 Å². The number of anilines is 3. The minimum absolute atomic E-state index is 0.215. The first-order valence-corrected chi connectivity index (χ1v) is 8.87. The molecule has 4 rings (SSSR count). The van der Waals surface area contributed by atoms with Crippen molar-refractivity contribution in [1.82, 2.24) is 19.9 Å². The van der Waals surface area contributed by atoms with Crippen LogP contribution in [0, 0.1) is 13.8 Å². The summed E-state index contributed by atoms with van der Waals surface area (Å²) in [6, 6.07) is 6.22. The molecule has 3 heterocycles. The van der Waals surface area contributed by atoms with Crippen LogP contribution in [0.1, 0.15) is 24.0 Å². The Bertz CT molecular complexity index is 923. The van der Waals surface area contributed by atoms with Gasteiger partial charge in [0, 0.05) is 31.2 Å². The van der Waals surface area contributed by atoms with E-state index in [4.69, 9.17) is 4.74 Å². The van der Waals surface area contributed by atoms with Gasteiger partial charge in [-0.1, -0.05) is 6.07 Å². The molecule has 1 aromatic carbocycles. The maximum atomic E-state index is 5.65. The number of hydrogen-bond donors (Lipinski definition) is 2. The van der Waals surface area contributed by atoms with Gasteiger partial charge in [0.05, 0.1) is 6.10 Å². The first kappa shape index (κ1) is 16.7. The maximum Gasteiger partial charge on any atom is 0.226 e. The highest BCUT2D eigenvalue weighted by Crippen LogP contribution is 2.24. The summed E-state index contributed by atoms with van der Waals surface area (Å²) in [5, 5.41) is 6.63. The molecule has 7 heteroatoms. The average molecular weight is 350 g/mol. The van der Waals surface area contributed by atoms with Crippen LogP contribution in [0.2, 0.25) is 0 Å². The Morgan fingerprint density at radius 2 is 2.00 bits per heavy atom. The van der Waals surface area contributed by atoms with E-state index in [-0.39, 0.29) is 6.10 Å². The molecule has 1 aliphatic rings. The van der Waals surface area contributed by atoms with Crippen LogP contribution in [0.3, 0.4) is 0 Å². The van der Waals surface area contributed by atoms with Crippen LogP contribution in [0.15, 0.2) is 30.6 Å². The summed E-state index contributed by atoms with van der Waals surface area (Å²) in [5.74, 6) is 1.17. The van der Waals surface area contributed by atoms with Crippen LogP contribution in [-0.2, 0) is 4.74 Å². The lowest BCUT2D eigenvalue weighted by molar-refractivity contribution is 0.120. The molecule has 26 heavy (non-hydrogen) atoms. The quantitative estimate of drug-likeness (QED) is 0.729. The van der Waals surface area contributed by atoms with Gasteiger partial charge in [0.1, 0.15) is 0 Å². The van der Waals surface area contributed by atoms with Crippen molar-refractivity contribution in [3.63, 3.8) is 0 Å². The third-order valence-electron chi connectivity index (χ3n) is 4.61. The Morgan fingerprint density at radius 3 is 2.81 bits per heavy atom. The van der Waals surface area contributed by atoms with Gasteiger partial charge in [0.25, 0.3) is 0 Å². The van der Waals surface area contributed by atoms with E-state index >= 15 is 0 Å². The molecule has 1 unspecified atom stereocenters. The van der Waals surface area contributed by atoms with Crippen LogP contribution in [0.25, 0.3) is 11.2 Å². The lowest BCUT2D eigenvalue weighted by Crippen LogP contribution is -2.20. The number of rotatable bonds is 5. The van der Waals surface area contributed by atoms with E-state index in [1.54, 1.807) is 12.4 Å². The highest BCUT2D eigenvalue weighted by molar-refractivity contribution is 5.85. The normalized spacial score (nSPS) is 16.8. The number of fused-ring (bicyclic) bond motifs is 1. The zero-order valence-corrected chi connectivity index (χ0v) is 15.0. The predicted molar refractivity (Wildman–Crippen MR) is 102 cm³/mol. The van der Waals surface area contributed by atoms with Gasteiger partial charge in [0.2, 0.25) is 5.95 Å². The second-order valence-corrected chi connectivity index (χ2v) is 6.56. The van der Waals surface area contributed by atoms with E-state index in [1.807, 2.05) is 6.07 Å². The van der Waals surface area contributed by atoms with Crippen LogP contribution < -0.4 is 10.6 Å². The van der Waals surface area contributed by atoms with Gasteiger partial charge < -0.3 is 15.4 Å². The van der Waals surface area contributed by atoms with Crippen molar-refractivity contribution in [2.45, 2.75) is 32.8 Å². The molecule has 3 aromatic rings. The number of nitrogens with one attached hydrogen (secondary N) is 2. The van der Waals surface area contributed by atoms with Crippen molar-refractivity contribution in [2.75, 3.05) is 23.8 Å². The monoisotopic (exact) mass is 350 g/mol. The molecule has 0 bridgehead atoms. The zero-order chi connectivity index (χ0) is 17.9. The van der Waals surface area contributed by atoms with Crippen molar-refractivity contribution in [1.29, 1.82) is 0 Å². The number of nitrogens with zero attached hydrogens (tertiary/aromatic N) is 4. The molecule has 0 aliphatic carbocycles. The van der Waals surface area contributed by atoms with Crippen molar-refractivity contribution in [2.24, 2.45) is 0 Å². The number of aryl methyl sites for hydroxylation is 2. The number of benzene rings is 1. The van der Waals surface area contributed by atoms with Gasteiger partial charge in [-0.3, -0.25) is 0 Å². The summed E-state index contributed by atoms with van der Waals surface area (Å²) in [7, 11) is 0. The fourth-order valence-corrected chi connectivity index (χ4v) is 3.00. The molecule has 2 aromatic heterocycles. The van der Waals surface area contributed by atoms with E-state index in [9.17, 15) is 0 Å². The molecule has 1 saturated heterocycles. The molecule has 0 saturated carbocycles. The van der Waals surface area contributed by atoms with Gasteiger partial charge in [-0.05, 0) is 49.9 Å². The summed E-state index contributed by atoms with van der Waals surface area (Å²) >= 11 is 0. The molecule has 1 fully saturated rings. The molecule has 0 amide bonds. The largest absolute Gasteiger partial charge is 0.376 e. The SMILES string of the molecule is Cc1ccc(Nc2nc(NCC3CCCO3)nc3nccnc23)cc1C.